The predicted molar refractivity (Wildman–Crippen MR) is 78.6 cm³/mol. The quantitative estimate of drug-likeness (QED) is 0.489. The van der Waals surface area contributed by atoms with Crippen LogP contribution in [0.1, 0.15) is 22.8 Å². The average Bonchev–Trinajstić information content (AvgIpc) is 2.48. The van der Waals surface area contributed by atoms with Gasteiger partial charge in [0.2, 0.25) is 0 Å². The SMILES string of the molecule is C=C(OC(=O)c1ccccc1OC(C)=O)c1ccccc1. The van der Waals surface area contributed by atoms with Gasteiger partial charge in [0, 0.05) is 12.5 Å². The molecule has 0 spiro atoms. The molecule has 0 aliphatic rings. The highest BCUT2D eigenvalue weighted by atomic mass is 16.5. The topological polar surface area (TPSA) is 52.6 Å². The molecule has 4 nitrogen and oxygen atoms in total. The molecule has 0 aliphatic carbocycles. The lowest BCUT2D eigenvalue weighted by atomic mass is 10.2. The van der Waals surface area contributed by atoms with Gasteiger partial charge in [0.05, 0.1) is 0 Å². The molecule has 0 bridgehead atoms. The predicted octanol–water partition coefficient (Wildman–Crippen LogP) is 3.44. The molecule has 2 aromatic carbocycles. The highest BCUT2D eigenvalue weighted by molar-refractivity contribution is 5.96. The van der Waals surface area contributed by atoms with E-state index < -0.39 is 11.9 Å². The molecule has 2 aromatic rings. The molecule has 0 saturated heterocycles. The van der Waals surface area contributed by atoms with Gasteiger partial charge in [0.1, 0.15) is 17.1 Å². The maximum Gasteiger partial charge on any atom is 0.347 e. The molecule has 0 N–H and O–H groups in total. The lowest BCUT2D eigenvalue weighted by Gasteiger charge is -2.10. The molecule has 0 unspecified atom stereocenters. The monoisotopic (exact) mass is 282 g/mol. The maximum atomic E-state index is 12.2. The number of carbonyl (C=O) groups excluding carboxylic acids is 2. The summed E-state index contributed by atoms with van der Waals surface area (Å²) in [6.45, 7) is 5.00. The number of ether oxygens (including phenoxy) is 2. The Labute approximate surface area is 122 Å². The van der Waals surface area contributed by atoms with E-state index in [9.17, 15) is 9.59 Å². The molecular weight excluding hydrogens is 268 g/mol. The van der Waals surface area contributed by atoms with E-state index in [1.54, 1.807) is 24.3 Å². The van der Waals surface area contributed by atoms with Gasteiger partial charge >= 0.3 is 11.9 Å². The fourth-order valence-corrected chi connectivity index (χ4v) is 1.73. The van der Waals surface area contributed by atoms with Crippen molar-refractivity contribution in [2.45, 2.75) is 6.92 Å². The van der Waals surface area contributed by atoms with Crippen molar-refractivity contribution in [1.82, 2.24) is 0 Å². The van der Waals surface area contributed by atoms with Gasteiger partial charge < -0.3 is 9.47 Å². The summed E-state index contributed by atoms with van der Waals surface area (Å²) < 4.78 is 10.2. The molecule has 0 saturated carbocycles. The van der Waals surface area contributed by atoms with E-state index in [1.807, 2.05) is 18.2 Å². The summed E-state index contributed by atoms with van der Waals surface area (Å²) >= 11 is 0. The second-order valence-electron chi connectivity index (χ2n) is 4.27. The van der Waals surface area contributed by atoms with E-state index in [4.69, 9.17) is 9.47 Å². The van der Waals surface area contributed by atoms with Crippen LogP contribution >= 0.6 is 0 Å². The van der Waals surface area contributed by atoms with Gasteiger partial charge in [0.15, 0.2) is 0 Å². The largest absolute Gasteiger partial charge is 0.426 e. The van der Waals surface area contributed by atoms with E-state index >= 15 is 0 Å². The molecule has 0 aromatic heterocycles. The first-order valence-electron chi connectivity index (χ1n) is 6.32. The number of benzene rings is 2. The summed E-state index contributed by atoms with van der Waals surface area (Å²) in [5, 5.41) is 0. The van der Waals surface area contributed by atoms with Crippen LogP contribution in [-0.2, 0) is 9.53 Å². The normalized spacial score (nSPS) is 9.76. The van der Waals surface area contributed by atoms with Crippen molar-refractivity contribution in [1.29, 1.82) is 0 Å². The molecule has 0 amide bonds. The fourth-order valence-electron chi connectivity index (χ4n) is 1.73. The van der Waals surface area contributed by atoms with E-state index in [2.05, 4.69) is 6.58 Å². The Bertz CT molecular complexity index is 674. The van der Waals surface area contributed by atoms with Gasteiger partial charge in [0.25, 0.3) is 0 Å². The lowest BCUT2D eigenvalue weighted by Crippen LogP contribution is -2.09. The summed E-state index contributed by atoms with van der Waals surface area (Å²) in [5.41, 5.74) is 0.876. The van der Waals surface area contributed by atoms with Gasteiger partial charge in [-0.25, -0.2) is 4.79 Å². The van der Waals surface area contributed by atoms with Crippen LogP contribution in [0.4, 0.5) is 0 Å². The zero-order chi connectivity index (χ0) is 15.2. The van der Waals surface area contributed by atoms with Gasteiger partial charge in [-0.05, 0) is 12.1 Å². The third-order valence-corrected chi connectivity index (χ3v) is 2.67. The van der Waals surface area contributed by atoms with Crippen molar-refractivity contribution in [3.8, 4) is 5.75 Å². The van der Waals surface area contributed by atoms with E-state index in [0.717, 1.165) is 0 Å². The Balaban J connectivity index is 2.17. The second kappa shape index (κ2) is 6.52. The van der Waals surface area contributed by atoms with Crippen molar-refractivity contribution in [3.63, 3.8) is 0 Å². The van der Waals surface area contributed by atoms with Crippen LogP contribution in [0.15, 0.2) is 61.2 Å². The Morgan fingerprint density at radius 3 is 2.24 bits per heavy atom. The van der Waals surface area contributed by atoms with Gasteiger partial charge in [-0.1, -0.05) is 49.0 Å². The smallest absolute Gasteiger partial charge is 0.347 e. The Morgan fingerprint density at radius 2 is 1.57 bits per heavy atom. The molecular formula is C17H14O4. The Morgan fingerprint density at radius 1 is 0.952 bits per heavy atom. The van der Waals surface area contributed by atoms with Crippen molar-refractivity contribution in [2.24, 2.45) is 0 Å². The van der Waals surface area contributed by atoms with Gasteiger partial charge in [-0.3, -0.25) is 4.79 Å². The molecule has 0 fully saturated rings. The van der Waals surface area contributed by atoms with Crippen LogP contribution in [-0.4, -0.2) is 11.9 Å². The Hall–Kier alpha value is -2.88. The number of rotatable bonds is 4. The van der Waals surface area contributed by atoms with Crippen LogP contribution in [0.25, 0.3) is 5.76 Å². The molecule has 4 heteroatoms. The highest BCUT2D eigenvalue weighted by Crippen LogP contribution is 2.22. The minimum Gasteiger partial charge on any atom is -0.426 e. The van der Waals surface area contributed by atoms with Crippen molar-refractivity contribution in [3.05, 3.63) is 72.3 Å². The third-order valence-electron chi connectivity index (χ3n) is 2.67. The minimum atomic E-state index is -0.624. The number of hydrogen-bond donors (Lipinski definition) is 0. The highest BCUT2D eigenvalue weighted by Gasteiger charge is 2.16. The fraction of sp³-hybridized carbons (Fsp3) is 0.0588. The molecule has 106 valence electrons. The summed E-state index contributed by atoms with van der Waals surface area (Å²) in [6, 6.07) is 15.5. The molecule has 0 radical (unpaired) electrons. The standard InChI is InChI=1S/C17H14O4/c1-12(14-8-4-3-5-9-14)20-17(19)15-10-6-7-11-16(15)21-13(2)18/h3-11H,1H2,2H3. The second-order valence-corrected chi connectivity index (χ2v) is 4.27. The molecule has 0 atom stereocenters. The lowest BCUT2D eigenvalue weighted by molar-refractivity contribution is -0.131. The molecule has 0 aliphatic heterocycles. The maximum absolute atomic E-state index is 12.2. The number of esters is 2. The van der Waals surface area contributed by atoms with Gasteiger partial charge in [-0.2, -0.15) is 0 Å². The van der Waals surface area contributed by atoms with Gasteiger partial charge in [-0.15, -0.1) is 0 Å². The van der Waals surface area contributed by atoms with Crippen molar-refractivity contribution < 1.29 is 19.1 Å². The van der Waals surface area contributed by atoms with Crippen molar-refractivity contribution in [2.75, 3.05) is 0 Å². The Kier molecular flexibility index (Phi) is 4.51. The average molecular weight is 282 g/mol. The first-order valence-corrected chi connectivity index (χ1v) is 6.32. The summed E-state index contributed by atoms with van der Waals surface area (Å²) in [7, 11) is 0. The van der Waals surface area contributed by atoms with E-state index in [-0.39, 0.29) is 17.1 Å². The number of hydrogen-bond acceptors (Lipinski definition) is 4. The third kappa shape index (κ3) is 3.79. The van der Waals surface area contributed by atoms with Crippen LogP contribution in [0.5, 0.6) is 5.75 Å². The van der Waals surface area contributed by atoms with Crippen LogP contribution in [0.3, 0.4) is 0 Å². The van der Waals surface area contributed by atoms with E-state index in [1.165, 1.54) is 19.1 Å². The summed E-state index contributed by atoms with van der Waals surface area (Å²) in [5.74, 6) is -0.730. The zero-order valence-corrected chi connectivity index (χ0v) is 11.5. The first kappa shape index (κ1) is 14.5. The summed E-state index contributed by atoms with van der Waals surface area (Å²) in [6.07, 6.45) is 0. The van der Waals surface area contributed by atoms with E-state index in [0.29, 0.717) is 5.56 Å². The van der Waals surface area contributed by atoms with Crippen LogP contribution < -0.4 is 4.74 Å². The summed E-state index contributed by atoms with van der Waals surface area (Å²) in [4.78, 5) is 23.2. The molecule has 21 heavy (non-hydrogen) atoms. The molecule has 0 heterocycles. The first-order chi connectivity index (χ1) is 10.1. The minimum absolute atomic E-state index is 0.163. The van der Waals surface area contributed by atoms with Crippen LogP contribution in [0.2, 0.25) is 0 Å². The van der Waals surface area contributed by atoms with Crippen molar-refractivity contribution >= 4 is 17.7 Å². The number of carbonyl (C=O) groups is 2. The zero-order valence-electron chi connectivity index (χ0n) is 11.5. The molecule has 2 rings (SSSR count). The number of para-hydroxylation sites is 1. The van der Waals surface area contributed by atoms with Crippen LogP contribution in [0, 0.1) is 0 Å².